The van der Waals surface area contributed by atoms with Gasteiger partial charge in [-0.25, -0.2) is 9.37 Å². The summed E-state index contributed by atoms with van der Waals surface area (Å²) < 4.78 is 14.0. The van der Waals surface area contributed by atoms with Crippen LogP contribution in [-0.4, -0.2) is 11.2 Å². The lowest BCUT2D eigenvalue weighted by Gasteiger charge is -2.09. The highest BCUT2D eigenvalue weighted by molar-refractivity contribution is 7.98. The van der Waals surface area contributed by atoms with E-state index in [1.54, 1.807) is 23.9 Å². The third-order valence-electron chi connectivity index (χ3n) is 3.30. The van der Waals surface area contributed by atoms with Gasteiger partial charge in [0.15, 0.2) is 0 Å². The molecule has 0 aliphatic rings. The molecule has 1 nitrogen and oxygen atoms in total. The number of benzene rings is 2. The molecule has 0 aliphatic heterocycles. The molecule has 0 spiro atoms. The molecule has 1 aromatic heterocycles. The fraction of sp³-hybridized carbons (Fsp3) is 0.0556. The predicted molar refractivity (Wildman–Crippen MR) is 91.9 cm³/mol. The highest BCUT2D eigenvalue weighted by Gasteiger charge is 2.10. The summed E-state index contributed by atoms with van der Waals surface area (Å²) in [5.41, 5.74) is 2.83. The van der Waals surface area contributed by atoms with Crippen LogP contribution < -0.4 is 0 Å². The zero-order chi connectivity index (χ0) is 15.5. The lowest BCUT2D eigenvalue weighted by Crippen LogP contribution is -1.92. The molecule has 22 heavy (non-hydrogen) atoms. The lowest BCUT2D eigenvalue weighted by molar-refractivity contribution is 0.630. The topological polar surface area (TPSA) is 12.9 Å². The lowest BCUT2D eigenvalue weighted by atomic mass is 10.1. The molecule has 0 atom stereocenters. The molecule has 0 saturated heterocycles. The number of thioether (sulfide) groups is 1. The van der Waals surface area contributed by atoms with Crippen molar-refractivity contribution in [1.82, 2.24) is 4.98 Å². The van der Waals surface area contributed by atoms with E-state index in [9.17, 15) is 4.39 Å². The van der Waals surface area contributed by atoms with Crippen molar-refractivity contribution in [1.29, 1.82) is 0 Å². The van der Waals surface area contributed by atoms with Crippen LogP contribution in [0.15, 0.2) is 65.6 Å². The Morgan fingerprint density at radius 3 is 2.45 bits per heavy atom. The zero-order valence-electron chi connectivity index (χ0n) is 11.9. The van der Waals surface area contributed by atoms with Gasteiger partial charge in [-0.15, -0.1) is 11.8 Å². The van der Waals surface area contributed by atoms with E-state index in [2.05, 4.69) is 4.98 Å². The summed E-state index contributed by atoms with van der Waals surface area (Å²) in [6.07, 6.45) is 1.99. The Morgan fingerprint density at radius 1 is 0.955 bits per heavy atom. The normalized spacial score (nSPS) is 10.7. The molecule has 0 radical (unpaired) electrons. The van der Waals surface area contributed by atoms with Crippen LogP contribution in [-0.2, 0) is 0 Å². The molecule has 0 unspecified atom stereocenters. The van der Waals surface area contributed by atoms with Crippen molar-refractivity contribution in [2.45, 2.75) is 4.90 Å². The second-order valence-electron chi connectivity index (χ2n) is 4.77. The highest BCUT2D eigenvalue weighted by Crippen LogP contribution is 2.30. The standard InChI is InChI=1S/C18H13ClFNS/c1-22-14-10-17(12-5-4-6-13(19)9-12)21-18(11-14)15-7-2-3-8-16(15)20/h2-11H,1H3. The molecular weight excluding hydrogens is 317 g/mol. The molecular formula is C18H13ClFNS. The molecule has 0 fully saturated rings. The van der Waals surface area contributed by atoms with Crippen LogP contribution >= 0.6 is 23.4 Å². The second kappa shape index (κ2) is 6.51. The monoisotopic (exact) mass is 329 g/mol. The van der Waals surface area contributed by atoms with Crippen LogP contribution in [0.2, 0.25) is 5.02 Å². The van der Waals surface area contributed by atoms with E-state index >= 15 is 0 Å². The third-order valence-corrected chi connectivity index (χ3v) is 4.25. The maximum atomic E-state index is 14.0. The zero-order valence-corrected chi connectivity index (χ0v) is 13.5. The first kappa shape index (κ1) is 15.1. The minimum absolute atomic E-state index is 0.273. The highest BCUT2D eigenvalue weighted by atomic mass is 35.5. The minimum atomic E-state index is -0.273. The van der Waals surface area contributed by atoms with E-state index < -0.39 is 0 Å². The number of pyridine rings is 1. The second-order valence-corrected chi connectivity index (χ2v) is 6.08. The summed E-state index contributed by atoms with van der Waals surface area (Å²) in [7, 11) is 0. The van der Waals surface area contributed by atoms with E-state index in [1.165, 1.54) is 6.07 Å². The Labute approximate surface area is 138 Å². The van der Waals surface area contributed by atoms with Crippen molar-refractivity contribution in [2.24, 2.45) is 0 Å². The molecule has 3 aromatic rings. The molecule has 2 aromatic carbocycles. The predicted octanol–water partition coefficient (Wildman–Crippen LogP) is 5.93. The SMILES string of the molecule is CSc1cc(-c2cccc(Cl)c2)nc(-c2ccccc2F)c1. The van der Waals surface area contributed by atoms with Crippen LogP contribution in [0.4, 0.5) is 4.39 Å². The van der Waals surface area contributed by atoms with Crippen LogP contribution in [0.3, 0.4) is 0 Å². The molecule has 110 valence electrons. The van der Waals surface area contributed by atoms with Crippen molar-refractivity contribution >= 4 is 23.4 Å². The minimum Gasteiger partial charge on any atom is -0.248 e. The Hall–Kier alpha value is -1.84. The summed E-state index contributed by atoms with van der Waals surface area (Å²) in [6, 6.07) is 18.1. The van der Waals surface area contributed by atoms with E-state index in [-0.39, 0.29) is 5.82 Å². The van der Waals surface area contributed by atoms with Gasteiger partial charge in [0.05, 0.1) is 11.4 Å². The summed E-state index contributed by atoms with van der Waals surface area (Å²) in [6.45, 7) is 0. The molecule has 1 heterocycles. The number of hydrogen-bond acceptors (Lipinski definition) is 2. The summed E-state index contributed by atoms with van der Waals surface area (Å²) >= 11 is 7.66. The quantitative estimate of drug-likeness (QED) is 0.552. The van der Waals surface area contributed by atoms with E-state index in [0.717, 1.165) is 16.2 Å². The van der Waals surface area contributed by atoms with E-state index in [1.807, 2.05) is 48.7 Å². The third kappa shape index (κ3) is 3.16. The molecule has 0 N–H and O–H groups in total. The van der Waals surface area contributed by atoms with Gasteiger partial charge in [0, 0.05) is 21.0 Å². The van der Waals surface area contributed by atoms with Gasteiger partial charge < -0.3 is 0 Å². The van der Waals surface area contributed by atoms with Crippen molar-refractivity contribution < 1.29 is 4.39 Å². The van der Waals surface area contributed by atoms with Crippen molar-refractivity contribution in [2.75, 3.05) is 6.26 Å². The maximum absolute atomic E-state index is 14.0. The average Bonchev–Trinajstić information content (AvgIpc) is 2.55. The number of aromatic nitrogens is 1. The number of rotatable bonds is 3. The van der Waals surface area contributed by atoms with Crippen molar-refractivity contribution in [3.05, 3.63) is 71.5 Å². The smallest absolute Gasteiger partial charge is 0.132 e. The van der Waals surface area contributed by atoms with Crippen LogP contribution in [0.1, 0.15) is 0 Å². The Bertz CT molecular complexity index is 820. The number of hydrogen-bond donors (Lipinski definition) is 0. The van der Waals surface area contributed by atoms with Crippen LogP contribution in [0.25, 0.3) is 22.5 Å². The fourth-order valence-electron chi connectivity index (χ4n) is 2.23. The summed E-state index contributed by atoms with van der Waals surface area (Å²) in [5, 5.41) is 0.654. The number of halogens is 2. The Balaban J connectivity index is 2.17. The summed E-state index contributed by atoms with van der Waals surface area (Å²) in [4.78, 5) is 5.64. The number of nitrogens with zero attached hydrogens (tertiary/aromatic N) is 1. The largest absolute Gasteiger partial charge is 0.248 e. The first-order valence-electron chi connectivity index (χ1n) is 6.74. The van der Waals surface area contributed by atoms with Crippen molar-refractivity contribution in [3.63, 3.8) is 0 Å². The van der Waals surface area contributed by atoms with Gasteiger partial charge in [0.25, 0.3) is 0 Å². The molecule has 0 saturated carbocycles. The summed E-state index contributed by atoms with van der Waals surface area (Å²) in [5.74, 6) is -0.273. The molecule has 3 rings (SSSR count). The van der Waals surface area contributed by atoms with Crippen LogP contribution in [0.5, 0.6) is 0 Å². The van der Waals surface area contributed by atoms with Gasteiger partial charge in [-0.1, -0.05) is 35.9 Å². The first-order chi connectivity index (χ1) is 10.7. The van der Waals surface area contributed by atoms with E-state index in [4.69, 9.17) is 11.6 Å². The molecule has 0 amide bonds. The molecule has 4 heteroatoms. The van der Waals surface area contributed by atoms with E-state index in [0.29, 0.717) is 16.3 Å². The Morgan fingerprint density at radius 2 is 1.73 bits per heavy atom. The Kier molecular flexibility index (Phi) is 4.46. The average molecular weight is 330 g/mol. The fourth-order valence-corrected chi connectivity index (χ4v) is 2.88. The molecule has 0 bridgehead atoms. The van der Waals surface area contributed by atoms with Crippen molar-refractivity contribution in [3.8, 4) is 22.5 Å². The van der Waals surface area contributed by atoms with Gasteiger partial charge in [0.1, 0.15) is 5.82 Å². The molecule has 0 aliphatic carbocycles. The van der Waals surface area contributed by atoms with Gasteiger partial charge >= 0.3 is 0 Å². The van der Waals surface area contributed by atoms with Crippen LogP contribution in [0, 0.1) is 5.82 Å². The van der Waals surface area contributed by atoms with Gasteiger partial charge in [-0.05, 0) is 42.7 Å². The maximum Gasteiger partial charge on any atom is 0.132 e. The van der Waals surface area contributed by atoms with Gasteiger partial charge in [-0.2, -0.15) is 0 Å². The first-order valence-corrected chi connectivity index (χ1v) is 8.34. The van der Waals surface area contributed by atoms with Gasteiger partial charge in [0.2, 0.25) is 0 Å². The van der Waals surface area contributed by atoms with Gasteiger partial charge in [-0.3, -0.25) is 0 Å².